The second kappa shape index (κ2) is 7.75. The number of nitrogens with one attached hydrogen (secondary N) is 1. The van der Waals surface area contributed by atoms with Crippen molar-refractivity contribution in [1.82, 2.24) is 5.48 Å². The third-order valence-electron chi connectivity index (χ3n) is 3.48. The molecule has 0 bridgehead atoms. The lowest BCUT2D eigenvalue weighted by atomic mass is 9.92. The molecule has 0 aromatic heterocycles. The molecule has 1 N–H and O–H groups in total. The van der Waals surface area contributed by atoms with Crippen LogP contribution in [0.4, 0.5) is 0 Å². The molecule has 1 aromatic rings. The number of methoxy groups -OCH3 is 1. The van der Waals surface area contributed by atoms with Crippen LogP contribution in [0.3, 0.4) is 0 Å². The van der Waals surface area contributed by atoms with Gasteiger partial charge in [-0.3, -0.25) is 4.79 Å². The van der Waals surface area contributed by atoms with E-state index in [4.69, 9.17) is 14.3 Å². The number of carbonyl (C=O) groups is 2. The van der Waals surface area contributed by atoms with Crippen molar-refractivity contribution in [1.29, 1.82) is 0 Å². The maximum Gasteiger partial charge on any atom is 0.356 e. The number of hydroxylamine groups is 1. The Hall–Kier alpha value is -1.92. The Bertz CT molecular complexity index is 470. The fraction of sp³-hybridized carbons (Fsp3) is 0.467. The van der Waals surface area contributed by atoms with Gasteiger partial charge in [-0.1, -0.05) is 18.2 Å². The molecule has 1 unspecified atom stereocenters. The van der Waals surface area contributed by atoms with E-state index < -0.39 is 18.0 Å². The number of benzene rings is 1. The molecular formula is C15H19NO5. The van der Waals surface area contributed by atoms with E-state index in [0.29, 0.717) is 18.8 Å². The van der Waals surface area contributed by atoms with E-state index in [-0.39, 0.29) is 5.92 Å². The molecule has 6 nitrogen and oxygen atoms in total. The molecule has 114 valence electrons. The van der Waals surface area contributed by atoms with Gasteiger partial charge in [0, 0.05) is 13.2 Å². The van der Waals surface area contributed by atoms with Gasteiger partial charge in [0.2, 0.25) is 0 Å². The van der Waals surface area contributed by atoms with E-state index >= 15 is 0 Å². The molecule has 1 saturated heterocycles. The highest BCUT2D eigenvalue weighted by atomic mass is 16.7. The Balaban J connectivity index is 1.95. The molecule has 1 aliphatic rings. The standard InChI is InChI=1S/C15H19NO5/c1-19-15(18)13(11-7-9-20-10-8-11)16-21-14(17)12-5-3-2-4-6-12/h2-6,11,13,16H,7-10H2,1H3. The number of hydrogen-bond acceptors (Lipinski definition) is 6. The molecule has 1 fully saturated rings. The largest absolute Gasteiger partial charge is 0.468 e. The average molecular weight is 293 g/mol. The SMILES string of the molecule is COC(=O)C(NOC(=O)c1ccccc1)C1CCOCC1. The normalized spacial score (nSPS) is 17.0. The van der Waals surface area contributed by atoms with Crippen molar-refractivity contribution in [2.75, 3.05) is 20.3 Å². The van der Waals surface area contributed by atoms with Gasteiger partial charge in [-0.2, -0.15) is 0 Å². The predicted octanol–water partition coefficient (Wildman–Crippen LogP) is 1.32. The van der Waals surface area contributed by atoms with Crippen molar-refractivity contribution in [3.05, 3.63) is 35.9 Å². The zero-order valence-corrected chi connectivity index (χ0v) is 11.9. The summed E-state index contributed by atoms with van der Waals surface area (Å²) in [6.45, 7) is 1.18. The van der Waals surface area contributed by atoms with Gasteiger partial charge in [0.25, 0.3) is 0 Å². The van der Waals surface area contributed by atoms with E-state index in [2.05, 4.69) is 5.48 Å². The Kier molecular flexibility index (Phi) is 5.71. The van der Waals surface area contributed by atoms with Crippen molar-refractivity contribution >= 4 is 11.9 Å². The summed E-state index contributed by atoms with van der Waals surface area (Å²) >= 11 is 0. The van der Waals surface area contributed by atoms with Crippen LogP contribution in [0, 0.1) is 5.92 Å². The second-order valence-corrected chi connectivity index (χ2v) is 4.82. The third kappa shape index (κ3) is 4.27. The maximum absolute atomic E-state index is 11.9. The van der Waals surface area contributed by atoms with Crippen LogP contribution in [-0.2, 0) is 19.1 Å². The smallest absolute Gasteiger partial charge is 0.356 e. The molecule has 6 heteroatoms. The average Bonchev–Trinajstić information content (AvgIpc) is 2.56. The number of ether oxygens (including phenoxy) is 2. The van der Waals surface area contributed by atoms with Crippen LogP contribution in [-0.4, -0.2) is 38.3 Å². The first-order valence-electron chi connectivity index (χ1n) is 6.89. The van der Waals surface area contributed by atoms with Gasteiger partial charge in [0.1, 0.15) is 6.04 Å². The monoisotopic (exact) mass is 293 g/mol. The topological polar surface area (TPSA) is 73.9 Å². The molecule has 0 aliphatic carbocycles. The van der Waals surface area contributed by atoms with Gasteiger partial charge in [-0.25, -0.2) is 4.79 Å². The quantitative estimate of drug-likeness (QED) is 0.652. The molecule has 0 saturated carbocycles. The van der Waals surface area contributed by atoms with Crippen molar-refractivity contribution in [2.24, 2.45) is 5.92 Å². The highest BCUT2D eigenvalue weighted by Gasteiger charge is 2.32. The summed E-state index contributed by atoms with van der Waals surface area (Å²) in [5.41, 5.74) is 2.98. The molecule has 1 aliphatic heterocycles. The number of esters is 1. The first kappa shape index (κ1) is 15.5. The third-order valence-corrected chi connectivity index (χ3v) is 3.48. The van der Waals surface area contributed by atoms with Crippen LogP contribution in [0.15, 0.2) is 30.3 Å². The lowest BCUT2D eigenvalue weighted by Gasteiger charge is -2.28. The first-order valence-corrected chi connectivity index (χ1v) is 6.89. The van der Waals surface area contributed by atoms with Crippen molar-refractivity contribution in [3.8, 4) is 0 Å². The van der Waals surface area contributed by atoms with Gasteiger partial charge in [-0.15, -0.1) is 5.48 Å². The molecule has 21 heavy (non-hydrogen) atoms. The zero-order valence-electron chi connectivity index (χ0n) is 11.9. The van der Waals surface area contributed by atoms with Crippen LogP contribution in [0.5, 0.6) is 0 Å². The minimum atomic E-state index is -0.674. The Morgan fingerprint density at radius 1 is 1.24 bits per heavy atom. The highest BCUT2D eigenvalue weighted by Crippen LogP contribution is 2.20. The lowest BCUT2D eigenvalue weighted by Crippen LogP contribution is -2.46. The van der Waals surface area contributed by atoms with Crippen molar-refractivity contribution in [2.45, 2.75) is 18.9 Å². The Labute approximate surface area is 123 Å². The van der Waals surface area contributed by atoms with Gasteiger partial charge < -0.3 is 14.3 Å². The number of carbonyl (C=O) groups excluding carboxylic acids is 2. The summed E-state index contributed by atoms with van der Waals surface area (Å²) in [5, 5.41) is 0. The van der Waals surface area contributed by atoms with E-state index in [1.807, 2.05) is 6.07 Å². The van der Waals surface area contributed by atoms with Crippen molar-refractivity contribution in [3.63, 3.8) is 0 Å². The van der Waals surface area contributed by atoms with Crippen LogP contribution in [0.1, 0.15) is 23.2 Å². The summed E-state index contributed by atoms with van der Waals surface area (Å²) in [5.74, 6) is -0.950. The number of hydrogen-bond donors (Lipinski definition) is 1. The summed E-state index contributed by atoms with van der Waals surface area (Å²) < 4.78 is 10.0. The fourth-order valence-corrected chi connectivity index (χ4v) is 2.26. The van der Waals surface area contributed by atoms with Crippen LogP contribution in [0.25, 0.3) is 0 Å². The summed E-state index contributed by atoms with van der Waals surface area (Å²) in [4.78, 5) is 28.8. The molecule has 0 radical (unpaired) electrons. The van der Waals surface area contributed by atoms with Gasteiger partial charge in [0.05, 0.1) is 12.7 Å². The molecule has 1 atom stereocenters. The van der Waals surface area contributed by atoms with Crippen LogP contribution < -0.4 is 5.48 Å². The summed E-state index contributed by atoms with van der Waals surface area (Å²) in [6, 6.07) is 7.91. The number of rotatable bonds is 5. The Morgan fingerprint density at radius 2 is 1.90 bits per heavy atom. The molecule has 1 aromatic carbocycles. The fourth-order valence-electron chi connectivity index (χ4n) is 2.26. The molecule has 0 amide bonds. The summed E-state index contributed by atoms with van der Waals surface area (Å²) in [7, 11) is 1.31. The minimum Gasteiger partial charge on any atom is -0.468 e. The van der Waals surface area contributed by atoms with E-state index in [9.17, 15) is 9.59 Å². The molecule has 1 heterocycles. The first-order chi connectivity index (χ1) is 10.2. The highest BCUT2D eigenvalue weighted by molar-refractivity contribution is 5.89. The summed E-state index contributed by atoms with van der Waals surface area (Å²) in [6.07, 6.45) is 1.44. The zero-order chi connectivity index (χ0) is 15.1. The minimum absolute atomic E-state index is 0.0229. The van der Waals surface area contributed by atoms with Gasteiger partial charge in [0.15, 0.2) is 0 Å². The van der Waals surface area contributed by atoms with Crippen LogP contribution in [0.2, 0.25) is 0 Å². The Morgan fingerprint density at radius 3 is 2.52 bits per heavy atom. The van der Waals surface area contributed by atoms with Gasteiger partial charge in [-0.05, 0) is 30.9 Å². The van der Waals surface area contributed by atoms with E-state index in [0.717, 1.165) is 12.8 Å². The molecule has 2 rings (SSSR count). The second-order valence-electron chi connectivity index (χ2n) is 4.82. The predicted molar refractivity (Wildman–Crippen MR) is 74.3 cm³/mol. The van der Waals surface area contributed by atoms with Crippen molar-refractivity contribution < 1.29 is 23.9 Å². The van der Waals surface area contributed by atoms with E-state index in [1.54, 1.807) is 24.3 Å². The molecular weight excluding hydrogens is 274 g/mol. The van der Waals surface area contributed by atoms with Gasteiger partial charge >= 0.3 is 11.9 Å². The van der Waals surface area contributed by atoms with E-state index in [1.165, 1.54) is 7.11 Å². The van der Waals surface area contributed by atoms with Crippen LogP contribution >= 0.6 is 0 Å². The maximum atomic E-state index is 11.9. The lowest BCUT2D eigenvalue weighted by molar-refractivity contribution is -0.149. The molecule has 0 spiro atoms.